The van der Waals surface area contributed by atoms with Gasteiger partial charge < -0.3 is 14.9 Å². The van der Waals surface area contributed by atoms with Gasteiger partial charge in [-0.2, -0.15) is 4.98 Å². The number of hydrogen-bond donors (Lipinski definition) is 2. The molecule has 1 unspecified atom stereocenters. The summed E-state index contributed by atoms with van der Waals surface area (Å²) in [5.74, 6) is 0.974. The molecule has 78 valence electrons. The van der Waals surface area contributed by atoms with E-state index >= 15 is 0 Å². The highest BCUT2D eigenvalue weighted by molar-refractivity contribution is 4.94. The van der Waals surface area contributed by atoms with E-state index in [0.717, 1.165) is 13.0 Å². The van der Waals surface area contributed by atoms with Gasteiger partial charge in [0, 0.05) is 0 Å². The lowest BCUT2D eigenvalue weighted by Crippen LogP contribution is -2.21. The lowest BCUT2D eigenvalue weighted by molar-refractivity contribution is 0.222. The van der Waals surface area contributed by atoms with Crippen molar-refractivity contribution < 1.29 is 9.63 Å². The third-order valence-electron chi connectivity index (χ3n) is 2.49. The van der Waals surface area contributed by atoms with Crippen LogP contribution >= 0.6 is 0 Å². The summed E-state index contributed by atoms with van der Waals surface area (Å²) in [6.07, 6.45) is 4.71. The van der Waals surface area contributed by atoms with Crippen molar-refractivity contribution in [3.8, 4) is 0 Å². The van der Waals surface area contributed by atoms with Crippen LogP contribution in [0.15, 0.2) is 4.52 Å². The monoisotopic (exact) mass is 197 g/mol. The largest absolute Gasteiger partial charge is 0.387 e. The molecule has 5 heteroatoms. The Hall–Kier alpha value is -0.940. The van der Waals surface area contributed by atoms with E-state index in [2.05, 4.69) is 15.5 Å². The van der Waals surface area contributed by atoms with E-state index in [9.17, 15) is 0 Å². The van der Waals surface area contributed by atoms with Crippen LogP contribution in [0.2, 0.25) is 0 Å². The van der Waals surface area contributed by atoms with Gasteiger partial charge in [-0.05, 0) is 19.4 Å². The third-order valence-corrected chi connectivity index (χ3v) is 2.49. The van der Waals surface area contributed by atoms with Crippen molar-refractivity contribution >= 4 is 0 Å². The molecule has 1 aromatic heterocycles. The fraction of sp³-hybridized carbons (Fsp3) is 0.778. The van der Waals surface area contributed by atoms with Crippen molar-refractivity contribution in [1.82, 2.24) is 15.5 Å². The van der Waals surface area contributed by atoms with Crippen molar-refractivity contribution in [3.63, 3.8) is 0 Å². The molecule has 1 fully saturated rings. The molecule has 0 aliphatic carbocycles. The Kier molecular flexibility index (Phi) is 3.10. The maximum absolute atomic E-state index is 8.79. The van der Waals surface area contributed by atoms with Crippen LogP contribution in [0.3, 0.4) is 0 Å². The van der Waals surface area contributed by atoms with Crippen molar-refractivity contribution in [1.29, 1.82) is 0 Å². The standard InChI is InChI=1S/C9H15N3O2/c13-6-8-11-9(12-14-8)7-4-2-1-3-5-10-7/h7,10,13H,1-6H2. The van der Waals surface area contributed by atoms with Crippen LogP contribution in [0.25, 0.3) is 0 Å². The predicted octanol–water partition coefficient (Wildman–Crippen LogP) is 0.767. The third kappa shape index (κ3) is 2.10. The molecular formula is C9H15N3O2. The Labute approximate surface area is 82.5 Å². The first-order valence-electron chi connectivity index (χ1n) is 5.07. The normalized spacial score (nSPS) is 23.4. The number of aliphatic hydroxyl groups is 1. The minimum Gasteiger partial charge on any atom is -0.387 e. The van der Waals surface area contributed by atoms with Crippen molar-refractivity contribution in [2.45, 2.75) is 38.3 Å². The highest BCUT2D eigenvalue weighted by Crippen LogP contribution is 2.20. The molecule has 0 spiro atoms. The van der Waals surface area contributed by atoms with Crippen molar-refractivity contribution in [3.05, 3.63) is 11.7 Å². The van der Waals surface area contributed by atoms with E-state index in [1.54, 1.807) is 0 Å². The van der Waals surface area contributed by atoms with Gasteiger partial charge >= 0.3 is 0 Å². The van der Waals surface area contributed by atoms with Gasteiger partial charge in [0.2, 0.25) is 0 Å². The minimum absolute atomic E-state index is 0.181. The summed E-state index contributed by atoms with van der Waals surface area (Å²) in [5, 5.41) is 16.0. The second kappa shape index (κ2) is 4.52. The van der Waals surface area contributed by atoms with E-state index in [4.69, 9.17) is 9.63 Å². The summed E-state index contributed by atoms with van der Waals surface area (Å²) in [7, 11) is 0. The van der Waals surface area contributed by atoms with Crippen LogP contribution < -0.4 is 5.32 Å². The van der Waals surface area contributed by atoms with Gasteiger partial charge in [-0.25, -0.2) is 0 Å². The molecule has 2 heterocycles. The van der Waals surface area contributed by atoms with E-state index in [0.29, 0.717) is 11.7 Å². The molecule has 0 radical (unpaired) electrons. The second-order valence-electron chi connectivity index (χ2n) is 3.56. The molecule has 1 aliphatic heterocycles. The first-order chi connectivity index (χ1) is 6.90. The van der Waals surface area contributed by atoms with E-state index in [-0.39, 0.29) is 12.6 Å². The molecule has 2 N–H and O–H groups in total. The SMILES string of the molecule is OCc1nc(C2CCCCCN2)no1. The van der Waals surface area contributed by atoms with Gasteiger partial charge in [0.15, 0.2) is 5.82 Å². The van der Waals surface area contributed by atoms with Gasteiger partial charge in [-0.15, -0.1) is 0 Å². The summed E-state index contributed by atoms with van der Waals surface area (Å²) in [6, 6.07) is 0.196. The van der Waals surface area contributed by atoms with Crippen LogP contribution in [-0.4, -0.2) is 21.8 Å². The molecule has 0 bridgehead atoms. The second-order valence-corrected chi connectivity index (χ2v) is 3.56. The maximum atomic E-state index is 8.79. The molecule has 0 saturated carbocycles. The summed E-state index contributed by atoms with van der Waals surface area (Å²) in [4.78, 5) is 4.10. The van der Waals surface area contributed by atoms with Crippen LogP contribution in [0, 0.1) is 0 Å². The van der Waals surface area contributed by atoms with Crippen LogP contribution in [0.4, 0.5) is 0 Å². The predicted molar refractivity (Wildman–Crippen MR) is 49.4 cm³/mol. The van der Waals surface area contributed by atoms with E-state index in [1.807, 2.05) is 0 Å². The molecule has 0 amide bonds. The molecular weight excluding hydrogens is 182 g/mol. The number of aliphatic hydroxyl groups excluding tert-OH is 1. The number of aromatic nitrogens is 2. The average Bonchev–Trinajstić information content (AvgIpc) is 2.53. The molecule has 1 saturated heterocycles. The van der Waals surface area contributed by atoms with Crippen LogP contribution in [0.5, 0.6) is 0 Å². The highest BCUT2D eigenvalue weighted by Gasteiger charge is 2.18. The fourth-order valence-electron chi connectivity index (χ4n) is 1.72. The maximum Gasteiger partial charge on any atom is 0.252 e. The lowest BCUT2D eigenvalue weighted by atomic mass is 10.1. The Morgan fingerprint density at radius 3 is 3.14 bits per heavy atom. The molecule has 14 heavy (non-hydrogen) atoms. The van der Waals surface area contributed by atoms with E-state index in [1.165, 1.54) is 19.3 Å². The molecule has 1 atom stereocenters. The summed E-state index contributed by atoms with van der Waals surface area (Å²) >= 11 is 0. The molecule has 2 rings (SSSR count). The number of nitrogens with zero attached hydrogens (tertiary/aromatic N) is 2. The summed E-state index contributed by atoms with van der Waals surface area (Å²) in [6.45, 7) is 0.827. The molecule has 5 nitrogen and oxygen atoms in total. The van der Waals surface area contributed by atoms with E-state index < -0.39 is 0 Å². The topological polar surface area (TPSA) is 71.2 Å². The fourth-order valence-corrected chi connectivity index (χ4v) is 1.72. The Morgan fingerprint density at radius 1 is 1.43 bits per heavy atom. The quantitative estimate of drug-likeness (QED) is 0.732. The van der Waals surface area contributed by atoms with Gasteiger partial charge in [-0.3, -0.25) is 0 Å². The van der Waals surface area contributed by atoms with Gasteiger partial charge in [-0.1, -0.05) is 18.0 Å². The first-order valence-corrected chi connectivity index (χ1v) is 5.07. The van der Waals surface area contributed by atoms with Crippen LogP contribution in [0.1, 0.15) is 43.4 Å². The number of nitrogens with one attached hydrogen (secondary N) is 1. The van der Waals surface area contributed by atoms with Crippen molar-refractivity contribution in [2.75, 3.05) is 6.54 Å². The lowest BCUT2D eigenvalue weighted by Gasteiger charge is -2.09. The molecule has 1 aromatic rings. The van der Waals surface area contributed by atoms with Gasteiger partial charge in [0.1, 0.15) is 6.61 Å². The summed E-state index contributed by atoms with van der Waals surface area (Å²) in [5.41, 5.74) is 0. The summed E-state index contributed by atoms with van der Waals surface area (Å²) < 4.78 is 4.86. The first kappa shape index (κ1) is 9.61. The average molecular weight is 197 g/mol. The molecule has 0 aromatic carbocycles. The zero-order valence-electron chi connectivity index (χ0n) is 8.07. The highest BCUT2D eigenvalue weighted by atomic mass is 16.5. The van der Waals surface area contributed by atoms with Crippen molar-refractivity contribution in [2.24, 2.45) is 0 Å². The van der Waals surface area contributed by atoms with Crippen LogP contribution in [-0.2, 0) is 6.61 Å². The van der Waals surface area contributed by atoms with Gasteiger partial charge in [0.05, 0.1) is 6.04 Å². The minimum atomic E-state index is -0.181. The smallest absolute Gasteiger partial charge is 0.252 e. The Morgan fingerprint density at radius 2 is 2.36 bits per heavy atom. The Balaban J connectivity index is 2.04. The number of rotatable bonds is 2. The number of hydrogen-bond acceptors (Lipinski definition) is 5. The zero-order chi connectivity index (χ0) is 9.80. The zero-order valence-corrected chi connectivity index (χ0v) is 8.07. The van der Waals surface area contributed by atoms with Gasteiger partial charge in [0.25, 0.3) is 5.89 Å². The molecule has 1 aliphatic rings. The Bertz CT molecular complexity index is 279.